The first-order valence-corrected chi connectivity index (χ1v) is 57.8. The van der Waals surface area contributed by atoms with Crippen LogP contribution in [0.5, 0.6) is 0 Å². The van der Waals surface area contributed by atoms with Crippen LogP contribution in [-0.4, -0.2) is 32.3 Å². The molecule has 0 radical (unpaired) electrons. The molecule has 4 heteroatoms. The first kappa shape index (κ1) is 90.1. The number of unbranched alkanes of at least 4 members (excludes halogenated alkanes) is 3. The Kier molecular flexibility index (Phi) is 29.1. The number of hydrogen-bond donors (Lipinski definition) is 0. The summed E-state index contributed by atoms with van der Waals surface area (Å²) in [7, 11) is -9.47. The van der Waals surface area contributed by atoms with Crippen LogP contribution in [0.3, 0.4) is 0 Å². The molecule has 622 valence electrons. The number of hydrogen-bond acceptors (Lipinski definition) is 0. The molecular formula is C114H150Si4. The number of fused-ring (bicyclic) bond motifs is 6. The molecule has 10 aromatic rings. The molecule has 0 unspecified atom stereocenters. The maximum absolute atomic E-state index is 4.67. The molecule has 0 aromatic heterocycles. The summed E-state index contributed by atoms with van der Waals surface area (Å²) < 4.78 is 0. The lowest BCUT2D eigenvalue weighted by atomic mass is 9.50. The topological polar surface area (TPSA) is 0 Å². The minimum atomic E-state index is -2.37. The SMILES string of the molecule is CC(C)C[Si](C#Cc1c2c(c(C#C[Si](CC(C)C)(CC(C)C)CC(C)C)c3cc4ccccc4cc13)[C@@H]1c3cc4ccccc4cc3[C@H]2[C@@H]2c3cc4ccccc4cc3[C@H]1c1c2c(C#C[Si](CC(C)C)(CC(C)C)CC(C)C)c2cc3ccccc3cc2c1C#C[Si](CC(C)C)(CC(C)C)CC(C)C)(CC(C)C)CC(C)C.CCCCCC. The molecular weight excluding hydrogens is 1480 g/mol. The standard InChI is InChI=1S/C108H136Si4.C6H14/c1-69(2)57-109(58-70(3)4,59-71(5)6)45-41-89-93-49-81-33-25-26-34-82(81)50-94(93)90(42-46-110(60-72(7)8,61-73(9)10)62-74(11)12)102-101(89)105-97-53-85-37-29-30-38-86(85)54-98(97)106(102)108-100-56-88-40-32-31-39-87(88)55-99(100)107(105)103-91(43-47-111(63-75(13)14,64-76(15)16)65-77(17)18)95-51-83-35-27-28-36-84(83)52-96(95)92(104(103)108)44-48-112(66-78(19)20,67-79(21)22)68-80(23)24;1-3-5-6-4-2/h25-40,49-56,69-80,105-108H,57-68H2,1-24H3;3-6H2,1-2H3/t105-,106+,107-,108+;. The van der Waals surface area contributed by atoms with E-state index in [1.54, 1.807) is 0 Å². The third kappa shape index (κ3) is 20.0. The quantitative estimate of drug-likeness (QED) is 0.0208. The van der Waals surface area contributed by atoms with Gasteiger partial charge in [0.1, 0.15) is 32.3 Å². The summed E-state index contributed by atoms with van der Waals surface area (Å²) in [4.78, 5) is 0. The van der Waals surface area contributed by atoms with E-state index in [0.717, 1.165) is 0 Å². The predicted octanol–water partition coefficient (Wildman–Crippen LogP) is 33.3. The minimum absolute atomic E-state index is 0.202. The molecule has 0 spiro atoms. The molecule has 0 fully saturated rings. The summed E-state index contributed by atoms with van der Waals surface area (Å²) in [5, 5.41) is 15.4. The van der Waals surface area contributed by atoms with Crippen molar-refractivity contribution in [2.24, 2.45) is 71.0 Å². The molecule has 0 amide bonds. The summed E-state index contributed by atoms with van der Waals surface area (Å²) in [5.74, 6) is 24.1. The van der Waals surface area contributed by atoms with Crippen molar-refractivity contribution in [3.63, 3.8) is 0 Å². The Morgan fingerprint density at radius 3 is 0.500 bits per heavy atom. The fourth-order valence-electron chi connectivity index (χ4n) is 24.2. The maximum atomic E-state index is 4.67. The van der Waals surface area contributed by atoms with Crippen molar-refractivity contribution in [2.45, 2.75) is 302 Å². The second-order valence-corrected chi connectivity index (χ2v) is 59.4. The molecule has 0 nitrogen and oxygen atoms in total. The smallest absolute Gasteiger partial charge is 0.126 e. The van der Waals surface area contributed by atoms with Crippen LogP contribution < -0.4 is 0 Å². The fraction of sp³-hybridized carbons (Fsp3) is 0.509. The van der Waals surface area contributed by atoms with Gasteiger partial charge in [-0.05, 0) is 277 Å². The van der Waals surface area contributed by atoms with E-state index in [4.69, 9.17) is 0 Å². The van der Waals surface area contributed by atoms with E-state index >= 15 is 0 Å². The Balaban J connectivity index is 0.00000206. The summed E-state index contributed by atoms with van der Waals surface area (Å²) in [6.45, 7) is 64.1. The summed E-state index contributed by atoms with van der Waals surface area (Å²) in [5.41, 5.74) is 35.4. The van der Waals surface area contributed by atoms with E-state index in [1.807, 2.05) is 0 Å². The van der Waals surface area contributed by atoms with E-state index < -0.39 is 32.3 Å². The van der Waals surface area contributed by atoms with Crippen molar-refractivity contribution in [3.8, 4) is 45.9 Å². The first-order chi connectivity index (χ1) is 56.1. The number of benzene rings is 10. The van der Waals surface area contributed by atoms with Gasteiger partial charge in [0.25, 0.3) is 0 Å². The van der Waals surface area contributed by atoms with Crippen LogP contribution in [0.15, 0.2) is 146 Å². The molecule has 0 N–H and O–H groups in total. The fourth-order valence-corrected chi connectivity index (χ4v) is 47.7. The van der Waals surface area contributed by atoms with E-state index in [9.17, 15) is 0 Å². The molecule has 0 heterocycles. The van der Waals surface area contributed by atoms with Gasteiger partial charge in [0.05, 0.1) is 0 Å². The molecule has 6 aliphatic carbocycles. The zero-order valence-corrected chi connectivity index (χ0v) is 82.4. The molecule has 0 saturated heterocycles. The predicted molar refractivity (Wildman–Crippen MR) is 534 cm³/mol. The van der Waals surface area contributed by atoms with E-state index in [-0.39, 0.29) is 23.7 Å². The van der Waals surface area contributed by atoms with Gasteiger partial charge in [-0.15, -0.1) is 22.2 Å². The summed E-state index contributed by atoms with van der Waals surface area (Å²) in [6.07, 6.45) is 5.54. The Morgan fingerprint density at radius 2 is 0.364 bits per heavy atom. The van der Waals surface area contributed by atoms with E-state index in [1.165, 1.54) is 230 Å². The highest BCUT2D eigenvalue weighted by Gasteiger charge is 2.55. The monoisotopic (exact) mass is 1630 g/mol. The van der Waals surface area contributed by atoms with Crippen LogP contribution in [-0.2, 0) is 0 Å². The summed E-state index contributed by atoms with van der Waals surface area (Å²) in [6, 6.07) is 73.0. The van der Waals surface area contributed by atoms with Crippen LogP contribution in [0, 0.1) is 117 Å². The van der Waals surface area contributed by atoms with E-state index in [2.05, 4.69) is 371 Å². The lowest BCUT2D eigenvalue weighted by molar-refractivity contribution is 0.530. The average Bonchev–Trinajstić information content (AvgIpc) is 0.662. The van der Waals surface area contributed by atoms with Crippen LogP contribution in [0.25, 0.3) is 64.6 Å². The van der Waals surface area contributed by atoms with Gasteiger partial charge < -0.3 is 0 Å². The van der Waals surface area contributed by atoms with Crippen molar-refractivity contribution in [2.75, 3.05) is 0 Å². The van der Waals surface area contributed by atoms with Gasteiger partial charge in [-0.2, -0.15) is 0 Å². The van der Waals surface area contributed by atoms with Crippen molar-refractivity contribution in [1.29, 1.82) is 0 Å². The second-order valence-electron chi connectivity index (χ2n) is 43.2. The minimum Gasteiger partial charge on any atom is -0.126 e. The second kappa shape index (κ2) is 38.1. The van der Waals surface area contributed by atoms with Crippen LogP contribution in [0.2, 0.25) is 72.5 Å². The highest BCUT2D eigenvalue weighted by Crippen LogP contribution is 2.68. The highest BCUT2D eigenvalue weighted by atomic mass is 28.3. The van der Waals surface area contributed by atoms with Crippen LogP contribution in [0.1, 0.15) is 296 Å². The van der Waals surface area contributed by atoms with Gasteiger partial charge >= 0.3 is 0 Å². The molecule has 118 heavy (non-hydrogen) atoms. The van der Waals surface area contributed by atoms with Gasteiger partial charge in [0, 0.05) is 45.9 Å². The Labute approximate surface area is 722 Å². The third-order valence-corrected chi connectivity index (χ3v) is 47.8. The van der Waals surface area contributed by atoms with Crippen molar-refractivity contribution in [1.82, 2.24) is 0 Å². The van der Waals surface area contributed by atoms with Crippen LogP contribution >= 0.6 is 0 Å². The van der Waals surface area contributed by atoms with Crippen molar-refractivity contribution >= 4 is 96.9 Å². The molecule has 16 rings (SSSR count). The average molecular weight is 1630 g/mol. The molecule has 6 aliphatic rings. The Bertz CT molecular complexity index is 4740. The van der Waals surface area contributed by atoms with E-state index in [0.29, 0.717) is 71.0 Å². The van der Waals surface area contributed by atoms with Gasteiger partial charge in [-0.1, -0.05) is 351 Å². The van der Waals surface area contributed by atoms with Gasteiger partial charge in [-0.25, -0.2) is 0 Å². The molecule has 10 aromatic carbocycles. The van der Waals surface area contributed by atoms with Crippen molar-refractivity contribution < 1.29 is 0 Å². The maximum Gasteiger partial charge on any atom is 0.139 e. The van der Waals surface area contributed by atoms with Gasteiger partial charge in [0.15, 0.2) is 0 Å². The van der Waals surface area contributed by atoms with Crippen molar-refractivity contribution in [3.05, 3.63) is 212 Å². The largest absolute Gasteiger partial charge is 0.139 e. The van der Waals surface area contributed by atoms with Gasteiger partial charge in [0.2, 0.25) is 0 Å². The Hall–Kier alpha value is -7.13. The molecule has 0 saturated carbocycles. The van der Waals surface area contributed by atoms with Gasteiger partial charge in [-0.3, -0.25) is 0 Å². The lowest BCUT2D eigenvalue weighted by Crippen LogP contribution is -2.39. The zero-order chi connectivity index (χ0) is 85.0. The number of rotatable bonds is 27. The normalized spacial score (nSPS) is 15.9. The third-order valence-electron chi connectivity index (χ3n) is 26.0. The highest BCUT2D eigenvalue weighted by molar-refractivity contribution is 6.89. The molecule has 4 atom stereocenters. The Morgan fingerprint density at radius 1 is 0.220 bits per heavy atom. The van der Waals surface area contributed by atoms with Crippen LogP contribution in [0.4, 0.5) is 0 Å². The molecule has 4 bridgehead atoms. The lowest BCUT2D eigenvalue weighted by Gasteiger charge is -2.52. The first-order valence-electron chi connectivity index (χ1n) is 47.3. The molecule has 0 aliphatic heterocycles. The zero-order valence-electron chi connectivity index (χ0n) is 78.4. The summed E-state index contributed by atoms with van der Waals surface area (Å²) >= 11 is 0.